The van der Waals surface area contributed by atoms with Crippen molar-refractivity contribution in [1.29, 1.82) is 0 Å². The Hall–Kier alpha value is -4.36. The fraction of sp³-hybridized carbons (Fsp3) is 0.233. The first-order valence-corrected chi connectivity index (χ1v) is 14.6. The van der Waals surface area contributed by atoms with Crippen molar-refractivity contribution in [3.8, 4) is 11.1 Å². The highest BCUT2D eigenvalue weighted by atomic mass is 32.2. The molecule has 1 atom stereocenters. The van der Waals surface area contributed by atoms with Crippen LogP contribution in [-0.2, 0) is 19.1 Å². The Morgan fingerprint density at radius 1 is 1.02 bits per heavy atom. The molecular weight excluding hydrogens is 600 g/mol. The maximum atomic E-state index is 13.7. The van der Waals surface area contributed by atoms with Gasteiger partial charge in [0.25, 0.3) is 11.1 Å². The summed E-state index contributed by atoms with van der Waals surface area (Å²) in [7, 11) is 0. The van der Waals surface area contributed by atoms with Crippen LogP contribution in [0, 0.1) is 11.6 Å². The zero-order chi connectivity index (χ0) is 31.5. The van der Waals surface area contributed by atoms with Gasteiger partial charge in [-0.1, -0.05) is 6.07 Å². The number of ether oxygens (including phenoxy) is 1. The van der Waals surface area contributed by atoms with E-state index in [-0.39, 0.29) is 29.0 Å². The molecule has 0 unspecified atom stereocenters. The average Bonchev–Trinajstić information content (AvgIpc) is 3.49. The lowest BCUT2D eigenvalue weighted by atomic mass is 10.1. The molecular formula is C30H27F2N3O6S2. The summed E-state index contributed by atoms with van der Waals surface area (Å²) < 4.78 is 32.3. The highest BCUT2D eigenvalue weighted by Crippen LogP contribution is 2.37. The fourth-order valence-electron chi connectivity index (χ4n) is 4.04. The summed E-state index contributed by atoms with van der Waals surface area (Å²) >= 11 is 1.85. The SMILES string of the molecule is CC(C)(C)OC(=O)c1ccc(NC(=O)[C@H](CCC(N)=O)N2C(=O)SC(=Cc3cc(-c4ccc(F)c(F)c4)cs3)C2=O)cc1. The molecule has 1 aromatic heterocycles. The molecule has 3 aromatic rings. The predicted molar refractivity (Wildman–Crippen MR) is 160 cm³/mol. The number of halogens is 2. The van der Waals surface area contributed by atoms with Crippen molar-refractivity contribution in [2.24, 2.45) is 5.73 Å². The van der Waals surface area contributed by atoms with E-state index in [4.69, 9.17) is 10.5 Å². The Balaban J connectivity index is 1.52. The number of amides is 4. The van der Waals surface area contributed by atoms with E-state index in [1.807, 2.05) is 0 Å². The van der Waals surface area contributed by atoms with Crippen LogP contribution in [0.3, 0.4) is 0 Å². The van der Waals surface area contributed by atoms with Crippen LogP contribution in [-0.4, -0.2) is 45.5 Å². The van der Waals surface area contributed by atoms with Gasteiger partial charge in [-0.2, -0.15) is 0 Å². The number of rotatable bonds is 9. The number of nitrogens with two attached hydrogens (primary N) is 1. The minimum absolute atomic E-state index is 0.0438. The number of nitrogens with one attached hydrogen (secondary N) is 1. The third-order valence-electron chi connectivity index (χ3n) is 6.04. The quantitative estimate of drug-likeness (QED) is 0.221. The maximum absolute atomic E-state index is 13.7. The molecule has 4 rings (SSSR count). The van der Waals surface area contributed by atoms with E-state index in [0.29, 0.717) is 27.8 Å². The summed E-state index contributed by atoms with van der Waals surface area (Å²) in [4.78, 5) is 64.8. The highest BCUT2D eigenvalue weighted by Gasteiger charge is 2.43. The number of thiophene rings is 1. The monoisotopic (exact) mass is 627 g/mol. The van der Waals surface area contributed by atoms with Gasteiger partial charge >= 0.3 is 5.97 Å². The van der Waals surface area contributed by atoms with Crippen LogP contribution < -0.4 is 11.1 Å². The van der Waals surface area contributed by atoms with E-state index >= 15 is 0 Å². The topological polar surface area (TPSA) is 136 Å². The van der Waals surface area contributed by atoms with E-state index in [1.165, 1.54) is 47.7 Å². The van der Waals surface area contributed by atoms with Crippen molar-refractivity contribution in [1.82, 2.24) is 4.90 Å². The number of thioether (sulfide) groups is 1. The van der Waals surface area contributed by atoms with Crippen LogP contribution in [0.5, 0.6) is 0 Å². The molecule has 9 nitrogen and oxygen atoms in total. The van der Waals surface area contributed by atoms with Gasteiger partial charge in [0.1, 0.15) is 11.6 Å². The van der Waals surface area contributed by atoms with E-state index in [0.717, 1.165) is 17.0 Å². The number of primary amides is 1. The van der Waals surface area contributed by atoms with Gasteiger partial charge in [0.05, 0.1) is 10.5 Å². The number of carbonyl (C=O) groups is 5. The van der Waals surface area contributed by atoms with Crippen LogP contribution in [0.1, 0.15) is 48.8 Å². The van der Waals surface area contributed by atoms with Crippen LogP contribution in [0.15, 0.2) is 58.8 Å². The molecule has 3 N–H and O–H groups in total. The van der Waals surface area contributed by atoms with Gasteiger partial charge in [0.15, 0.2) is 11.6 Å². The Labute approximate surface area is 254 Å². The summed E-state index contributed by atoms with van der Waals surface area (Å²) in [5.41, 5.74) is 6.16. The number of hydrogen-bond acceptors (Lipinski definition) is 8. The third kappa shape index (κ3) is 7.93. The molecule has 0 aliphatic carbocycles. The number of esters is 1. The van der Waals surface area contributed by atoms with Crippen molar-refractivity contribution in [2.75, 3.05) is 5.32 Å². The number of anilines is 1. The van der Waals surface area contributed by atoms with E-state index in [2.05, 4.69) is 5.32 Å². The number of nitrogens with zero attached hydrogens (tertiary/aromatic N) is 1. The van der Waals surface area contributed by atoms with E-state index < -0.39 is 52.2 Å². The molecule has 1 fully saturated rings. The summed E-state index contributed by atoms with van der Waals surface area (Å²) in [6, 6.07) is 9.66. The van der Waals surface area contributed by atoms with Crippen molar-refractivity contribution in [2.45, 2.75) is 45.3 Å². The standard InChI is InChI=1S/C30H27F2N3O6S2/c1-30(2,3)41-28(39)16-4-7-19(8-5-16)34-26(37)23(10-11-25(33)36)35-27(38)24(43-29(35)40)14-20-12-18(15-42-20)17-6-9-21(31)22(32)13-17/h4-9,12-15,23H,10-11H2,1-3H3,(H2,33,36)(H,34,37)/t23-/m0/s1. The molecule has 2 aromatic carbocycles. The molecule has 4 amide bonds. The summed E-state index contributed by atoms with van der Waals surface area (Å²) in [6.45, 7) is 5.21. The number of hydrogen-bond donors (Lipinski definition) is 2. The predicted octanol–water partition coefficient (Wildman–Crippen LogP) is 5.96. The first-order chi connectivity index (χ1) is 20.2. The van der Waals surface area contributed by atoms with Crippen LogP contribution in [0.4, 0.5) is 19.3 Å². The van der Waals surface area contributed by atoms with Crippen molar-refractivity contribution in [3.05, 3.63) is 80.9 Å². The smallest absolute Gasteiger partial charge is 0.338 e. The second-order valence-electron chi connectivity index (χ2n) is 10.5. The first kappa shape index (κ1) is 31.6. The summed E-state index contributed by atoms with van der Waals surface area (Å²) in [5.74, 6) is -4.69. The molecule has 43 heavy (non-hydrogen) atoms. The second kappa shape index (κ2) is 12.9. The molecule has 0 bridgehead atoms. The molecule has 0 radical (unpaired) electrons. The lowest BCUT2D eigenvalue weighted by Gasteiger charge is -2.24. The lowest BCUT2D eigenvalue weighted by Crippen LogP contribution is -2.47. The number of carbonyl (C=O) groups excluding carboxylic acids is 5. The van der Waals surface area contributed by atoms with Gasteiger partial charge in [-0.3, -0.25) is 24.1 Å². The summed E-state index contributed by atoms with van der Waals surface area (Å²) in [5, 5.41) is 3.60. The highest BCUT2D eigenvalue weighted by molar-refractivity contribution is 8.18. The fourth-order valence-corrected chi connectivity index (χ4v) is 5.83. The van der Waals surface area contributed by atoms with Crippen molar-refractivity contribution >= 4 is 63.8 Å². The largest absolute Gasteiger partial charge is 0.456 e. The maximum Gasteiger partial charge on any atom is 0.338 e. The Bertz CT molecular complexity index is 1630. The average molecular weight is 628 g/mol. The van der Waals surface area contributed by atoms with Gasteiger partial charge < -0.3 is 15.8 Å². The molecule has 1 saturated heterocycles. The molecule has 0 spiro atoms. The molecule has 1 aliphatic rings. The zero-order valence-corrected chi connectivity index (χ0v) is 24.9. The van der Waals surface area contributed by atoms with Crippen LogP contribution in [0.2, 0.25) is 0 Å². The normalized spacial score (nSPS) is 15.1. The molecule has 2 heterocycles. The third-order valence-corrected chi connectivity index (χ3v) is 7.80. The Kier molecular flexibility index (Phi) is 9.46. The minimum atomic E-state index is -1.35. The molecule has 0 saturated carbocycles. The van der Waals surface area contributed by atoms with Gasteiger partial charge in [-0.15, -0.1) is 11.3 Å². The Morgan fingerprint density at radius 3 is 2.35 bits per heavy atom. The van der Waals surface area contributed by atoms with Gasteiger partial charge in [0.2, 0.25) is 11.8 Å². The van der Waals surface area contributed by atoms with Crippen molar-refractivity contribution < 1.29 is 37.5 Å². The number of imide groups is 1. The zero-order valence-electron chi connectivity index (χ0n) is 23.3. The van der Waals surface area contributed by atoms with Crippen molar-refractivity contribution in [3.63, 3.8) is 0 Å². The van der Waals surface area contributed by atoms with E-state index in [9.17, 15) is 32.8 Å². The van der Waals surface area contributed by atoms with Gasteiger partial charge in [0, 0.05) is 17.0 Å². The van der Waals surface area contributed by atoms with E-state index in [1.54, 1.807) is 32.2 Å². The first-order valence-electron chi connectivity index (χ1n) is 13.0. The summed E-state index contributed by atoms with van der Waals surface area (Å²) in [6.07, 6.45) is 0.998. The second-order valence-corrected chi connectivity index (χ2v) is 12.4. The Morgan fingerprint density at radius 2 is 1.72 bits per heavy atom. The van der Waals surface area contributed by atoms with Gasteiger partial charge in [-0.25, -0.2) is 13.6 Å². The van der Waals surface area contributed by atoms with Crippen LogP contribution >= 0.6 is 23.1 Å². The lowest BCUT2D eigenvalue weighted by molar-refractivity contribution is -0.131. The molecule has 13 heteroatoms. The minimum Gasteiger partial charge on any atom is -0.456 e. The van der Waals surface area contributed by atoms with Crippen LogP contribution in [0.25, 0.3) is 17.2 Å². The number of benzene rings is 2. The van der Waals surface area contributed by atoms with Gasteiger partial charge in [-0.05, 0) is 104 Å². The molecule has 224 valence electrons. The molecule has 1 aliphatic heterocycles.